The van der Waals surface area contributed by atoms with Crippen LogP contribution in [0.2, 0.25) is 0 Å². The topological polar surface area (TPSA) is 18.5 Å². The van der Waals surface area contributed by atoms with E-state index in [0.717, 1.165) is 4.91 Å². The molecule has 16 heavy (non-hydrogen) atoms. The van der Waals surface area contributed by atoms with Crippen molar-refractivity contribution in [3.05, 3.63) is 47.7 Å². The second-order valence-electron chi connectivity index (χ2n) is 2.77. The summed E-state index contributed by atoms with van der Waals surface area (Å²) in [6.45, 7) is 8.28. The monoisotopic (exact) mass is 244 g/mol. The van der Waals surface area contributed by atoms with Crippen molar-refractivity contribution in [3.8, 4) is 0 Å². The van der Waals surface area contributed by atoms with Crippen molar-refractivity contribution >= 4 is 11.8 Å². The van der Waals surface area contributed by atoms with E-state index in [1.807, 2.05) is 0 Å². The Bertz CT molecular complexity index is 272. The number of allylic oxidation sites excluding steroid dienone is 3. The Hall–Kier alpha value is -1.00. The highest BCUT2D eigenvalue weighted by Gasteiger charge is 1.95. The van der Waals surface area contributed by atoms with Crippen molar-refractivity contribution in [2.24, 2.45) is 0 Å². The van der Waals surface area contributed by atoms with Gasteiger partial charge < -0.3 is 9.47 Å². The fourth-order valence-corrected chi connectivity index (χ4v) is 1.28. The van der Waals surface area contributed by atoms with Gasteiger partial charge in [-0.15, -0.1) is 11.8 Å². The van der Waals surface area contributed by atoms with Gasteiger partial charge >= 0.3 is 0 Å². The molecule has 0 amide bonds. The molecule has 4 heteroatoms. The van der Waals surface area contributed by atoms with Gasteiger partial charge in [0, 0.05) is 13.2 Å². The van der Waals surface area contributed by atoms with E-state index in [4.69, 9.17) is 9.47 Å². The number of hydrogen-bond donors (Lipinski definition) is 0. The third-order valence-corrected chi connectivity index (χ3v) is 2.23. The lowest BCUT2D eigenvalue weighted by Gasteiger charge is -2.06. The second-order valence-corrected chi connectivity index (χ2v) is 3.91. The molecule has 0 saturated heterocycles. The molecule has 0 radical (unpaired) electrons. The van der Waals surface area contributed by atoms with Crippen molar-refractivity contribution in [2.45, 2.75) is 6.42 Å². The smallest absolute Gasteiger partial charge is 0.118 e. The first-order valence-corrected chi connectivity index (χ1v) is 5.66. The van der Waals surface area contributed by atoms with Crippen LogP contribution in [0.25, 0.3) is 0 Å². The number of hydrogen-bond acceptors (Lipinski definition) is 3. The van der Waals surface area contributed by atoms with E-state index in [9.17, 15) is 4.39 Å². The van der Waals surface area contributed by atoms with E-state index in [2.05, 4.69) is 13.2 Å². The molecular weight excluding hydrogens is 227 g/mol. The molecule has 0 saturated carbocycles. The molecule has 2 nitrogen and oxygen atoms in total. The van der Waals surface area contributed by atoms with E-state index >= 15 is 0 Å². The van der Waals surface area contributed by atoms with Crippen LogP contribution >= 0.6 is 11.8 Å². The van der Waals surface area contributed by atoms with E-state index in [1.165, 1.54) is 17.8 Å². The minimum atomic E-state index is 0.397. The molecule has 0 aromatic carbocycles. The fourth-order valence-electron chi connectivity index (χ4n) is 0.860. The predicted molar refractivity (Wildman–Crippen MR) is 67.7 cm³/mol. The van der Waals surface area contributed by atoms with Crippen LogP contribution in [-0.4, -0.2) is 20.3 Å². The summed E-state index contributed by atoms with van der Waals surface area (Å²) in [6, 6.07) is 0. The average molecular weight is 244 g/mol. The molecule has 0 fully saturated rings. The Kier molecular flexibility index (Phi) is 9.86. The van der Waals surface area contributed by atoms with Gasteiger partial charge in [0.15, 0.2) is 0 Å². The lowest BCUT2D eigenvalue weighted by Crippen LogP contribution is -2.00. The molecule has 0 spiro atoms. The number of halogens is 1. The van der Waals surface area contributed by atoms with E-state index in [-0.39, 0.29) is 0 Å². The summed E-state index contributed by atoms with van der Waals surface area (Å²) in [4.78, 5) is 0.926. The molecule has 0 aliphatic carbocycles. The molecule has 0 aliphatic heterocycles. The maximum atomic E-state index is 12.0. The standard InChI is InChI=1S/C12H17FO2S/c1-4-16-11(2)5-6-12(7-8-13)15-10-9-14-3/h4,6-8H,1-2,5,9-10H2,3H3/b8-7+,12-6-. The van der Waals surface area contributed by atoms with Crippen LogP contribution in [0.15, 0.2) is 47.7 Å². The summed E-state index contributed by atoms with van der Waals surface area (Å²) in [5.41, 5.74) is 0. The van der Waals surface area contributed by atoms with Gasteiger partial charge in [0.2, 0.25) is 0 Å². The van der Waals surface area contributed by atoms with Crippen LogP contribution in [0.5, 0.6) is 0 Å². The largest absolute Gasteiger partial charge is 0.491 e. The van der Waals surface area contributed by atoms with Crippen molar-refractivity contribution in [1.82, 2.24) is 0 Å². The minimum absolute atomic E-state index is 0.397. The number of ether oxygens (including phenoxy) is 2. The fraction of sp³-hybridized carbons (Fsp3) is 0.333. The third kappa shape index (κ3) is 8.32. The van der Waals surface area contributed by atoms with Crippen molar-refractivity contribution in [2.75, 3.05) is 20.3 Å². The first-order valence-electron chi connectivity index (χ1n) is 4.78. The first-order chi connectivity index (χ1) is 7.74. The molecule has 0 rings (SSSR count). The highest BCUT2D eigenvalue weighted by atomic mass is 32.2. The van der Waals surface area contributed by atoms with Gasteiger partial charge in [-0.2, -0.15) is 0 Å². The molecular formula is C12H17FO2S. The van der Waals surface area contributed by atoms with Crippen LogP contribution in [0.1, 0.15) is 6.42 Å². The summed E-state index contributed by atoms with van der Waals surface area (Å²) >= 11 is 1.45. The summed E-state index contributed by atoms with van der Waals surface area (Å²) in [5, 5.41) is 1.70. The third-order valence-electron chi connectivity index (χ3n) is 1.56. The normalized spacial score (nSPS) is 11.8. The Morgan fingerprint density at radius 3 is 2.75 bits per heavy atom. The van der Waals surface area contributed by atoms with Gasteiger partial charge in [-0.1, -0.05) is 13.2 Å². The van der Waals surface area contributed by atoms with Crippen molar-refractivity contribution < 1.29 is 13.9 Å². The van der Waals surface area contributed by atoms with Crippen LogP contribution in [0, 0.1) is 0 Å². The van der Waals surface area contributed by atoms with Crippen molar-refractivity contribution in [3.63, 3.8) is 0 Å². The predicted octanol–water partition coefficient (Wildman–Crippen LogP) is 3.80. The molecule has 0 aliphatic rings. The molecule has 0 bridgehead atoms. The van der Waals surface area contributed by atoms with Crippen LogP contribution in [-0.2, 0) is 9.47 Å². The van der Waals surface area contributed by atoms with Gasteiger partial charge in [0.05, 0.1) is 12.9 Å². The number of methoxy groups -OCH3 is 1. The SMILES string of the molecule is C=CSC(=C)C/C=C(/C=C/F)OCCOC. The van der Waals surface area contributed by atoms with Crippen LogP contribution in [0.3, 0.4) is 0 Å². The van der Waals surface area contributed by atoms with Gasteiger partial charge in [0.25, 0.3) is 0 Å². The molecule has 0 aromatic rings. The number of thioether (sulfide) groups is 1. The highest BCUT2D eigenvalue weighted by Crippen LogP contribution is 2.19. The lowest BCUT2D eigenvalue weighted by atomic mass is 10.3. The Labute approximate surface area is 101 Å². The van der Waals surface area contributed by atoms with Crippen LogP contribution in [0.4, 0.5) is 4.39 Å². The van der Waals surface area contributed by atoms with Gasteiger partial charge in [-0.25, -0.2) is 4.39 Å². The summed E-state index contributed by atoms with van der Waals surface area (Å²) in [6.07, 6.45) is 4.09. The average Bonchev–Trinajstić information content (AvgIpc) is 2.26. The Morgan fingerprint density at radius 2 is 2.19 bits per heavy atom. The minimum Gasteiger partial charge on any atom is -0.491 e. The van der Waals surface area contributed by atoms with Gasteiger partial charge in [0.1, 0.15) is 12.4 Å². The first kappa shape index (κ1) is 15.0. The van der Waals surface area contributed by atoms with Crippen molar-refractivity contribution in [1.29, 1.82) is 0 Å². The molecule has 0 N–H and O–H groups in total. The van der Waals surface area contributed by atoms with Gasteiger partial charge in [-0.05, 0) is 22.8 Å². The maximum absolute atomic E-state index is 12.0. The summed E-state index contributed by atoms with van der Waals surface area (Å²) in [5.74, 6) is 0.477. The summed E-state index contributed by atoms with van der Waals surface area (Å²) in [7, 11) is 1.58. The molecule has 0 heterocycles. The number of rotatable bonds is 9. The van der Waals surface area contributed by atoms with Crippen LogP contribution < -0.4 is 0 Å². The molecule has 0 unspecified atom stereocenters. The zero-order valence-corrected chi connectivity index (χ0v) is 10.3. The van der Waals surface area contributed by atoms with E-state index < -0.39 is 0 Å². The molecule has 90 valence electrons. The lowest BCUT2D eigenvalue weighted by molar-refractivity contribution is 0.114. The zero-order valence-electron chi connectivity index (χ0n) is 9.45. The Morgan fingerprint density at radius 1 is 1.44 bits per heavy atom. The highest BCUT2D eigenvalue weighted by molar-refractivity contribution is 8.05. The molecule has 0 atom stereocenters. The maximum Gasteiger partial charge on any atom is 0.118 e. The van der Waals surface area contributed by atoms with E-state index in [1.54, 1.807) is 18.6 Å². The van der Waals surface area contributed by atoms with Gasteiger partial charge in [-0.3, -0.25) is 0 Å². The van der Waals surface area contributed by atoms with E-state index in [0.29, 0.717) is 31.7 Å². The summed E-state index contributed by atoms with van der Waals surface area (Å²) < 4.78 is 22.2. The molecule has 0 aromatic heterocycles. The Balaban J connectivity index is 4.12. The second kappa shape index (κ2) is 10.5. The quantitative estimate of drug-likeness (QED) is 0.349. The zero-order chi connectivity index (χ0) is 12.2.